The standard InChI is InChI=1S/C18H20N2O4S/c21-10-4-11-25-12-9-19-16-8-7-15(13-17(16)20(23)24)18(22)14-5-2-1-3-6-14/h1-3,5-8,13,19,21H,4,9-12H2. The molecular formula is C18H20N2O4S. The van der Waals surface area contributed by atoms with Crippen LogP contribution in [0.5, 0.6) is 0 Å². The second-order valence-corrected chi connectivity index (χ2v) is 6.53. The van der Waals surface area contributed by atoms with E-state index >= 15 is 0 Å². The zero-order valence-electron chi connectivity index (χ0n) is 13.7. The summed E-state index contributed by atoms with van der Waals surface area (Å²) in [5, 5.41) is 23.1. The van der Waals surface area contributed by atoms with Crippen molar-refractivity contribution in [3.63, 3.8) is 0 Å². The Bertz CT molecular complexity index is 722. The number of aliphatic hydroxyl groups is 1. The molecule has 132 valence electrons. The van der Waals surface area contributed by atoms with E-state index in [4.69, 9.17) is 5.11 Å². The van der Waals surface area contributed by atoms with Gasteiger partial charge in [-0.15, -0.1) is 0 Å². The molecule has 0 aliphatic heterocycles. The highest BCUT2D eigenvalue weighted by atomic mass is 32.2. The summed E-state index contributed by atoms with van der Waals surface area (Å²) in [7, 11) is 0. The van der Waals surface area contributed by atoms with Crippen LogP contribution >= 0.6 is 11.8 Å². The third-order valence-corrected chi connectivity index (χ3v) is 4.57. The molecule has 6 nitrogen and oxygen atoms in total. The second kappa shape index (κ2) is 9.80. The van der Waals surface area contributed by atoms with Crippen LogP contribution in [0.25, 0.3) is 0 Å². The van der Waals surface area contributed by atoms with Crippen LogP contribution in [-0.4, -0.2) is 40.5 Å². The first-order chi connectivity index (χ1) is 12.1. The Labute approximate surface area is 150 Å². The van der Waals surface area contributed by atoms with Crippen molar-refractivity contribution in [3.05, 3.63) is 69.8 Å². The Morgan fingerprint density at radius 3 is 2.56 bits per heavy atom. The highest BCUT2D eigenvalue weighted by Crippen LogP contribution is 2.26. The number of hydrogen-bond donors (Lipinski definition) is 2. The zero-order valence-corrected chi connectivity index (χ0v) is 14.5. The molecule has 0 radical (unpaired) electrons. The summed E-state index contributed by atoms with van der Waals surface area (Å²) in [6.45, 7) is 0.742. The summed E-state index contributed by atoms with van der Waals surface area (Å²) < 4.78 is 0. The SMILES string of the molecule is O=C(c1ccccc1)c1ccc(NCCSCCCO)c([N+](=O)[O-])c1. The number of nitro benzene ring substituents is 1. The maximum Gasteiger partial charge on any atom is 0.293 e. The number of anilines is 1. The van der Waals surface area contributed by atoms with E-state index in [2.05, 4.69) is 5.32 Å². The zero-order chi connectivity index (χ0) is 18.1. The molecule has 0 amide bonds. The fourth-order valence-electron chi connectivity index (χ4n) is 2.26. The Kier molecular flexibility index (Phi) is 7.43. The highest BCUT2D eigenvalue weighted by Gasteiger charge is 2.18. The number of carbonyl (C=O) groups is 1. The largest absolute Gasteiger partial charge is 0.396 e. The molecule has 0 saturated carbocycles. The number of nitro groups is 1. The van der Waals surface area contributed by atoms with Gasteiger partial charge >= 0.3 is 0 Å². The van der Waals surface area contributed by atoms with E-state index in [0.29, 0.717) is 23.4 Å². The summed E-state index contributed by atoms with van der Waals surface area (Å²) in [6.07, 6.45) is 0.737. The molecule has 0 fully saturated rings. The number of carbonyl (C=O) groups excluding carboxylic acids is 1. The van der Waals surface area contributed by atoms with Crippen LogP contribution in [0.1, 0.15) is 22.3 Å². The summed E-state index contributed by atoms with van der Waals surface area (Å²) in [5.41, 5.74) is 1.08. The quantitative estimate of drug-likeness (QED) is 0.292. The molecule has 2 aromatic carbocycles. The number of ketones is 1. The van der Waals surface area contributed by atoms with Gasteiger partial charge in [-0.1, -0.05) is 30.3 Å². The van der Waals surface area contributed by atoms with Gasteiger partial charge in [0.1, 0.15) is 5.69 Å². The van der Waals surface area contributed by atoms with Crippen molar-refractivity contribution in [1.82, 2.24) is 0 Å². The second-order valence-electron chi connectivity index (χ2n) is 5.30. The molecule has 0 heterocycles. The van der Waals surface area contributed by atoms with E-state index in [-0.39, 0.29) is 18.1 Å². The molecule has 0 saturated heterocycles. The van der Waals surface area contributed by atoms with Gasteiger partial charge < -0.3 is 10.4 Å². The van der Waals surface area contributed by atoms with Gasteiger partial charge in [0.25, 0.3) is 5.69 Å². The Morgan fingerprint density at radius 2 is 1.88 bits per heavy atom. The third-order valence-electron chi connectivity index (χ3n) is 3.50. The number of benzene rings is 2. The number of rotatable bonds is 10. The lowest BCUT2D eigenvalue weighted by Gasteiger charge is -2.08. The summed E-state index contributed by atoms with van der Waals surface area (Å²) >= 11 is 1.67. The number of nitrogens with one attached hydrogen (secondary N) is 1. The van der Waals surface area contributed by atoms with Gasteiger partial charge in [-0.05, 0) is 24.3 Å². The fourth-order valence-corrected chi connectivity index (χ4v) is 3.04. The maximum atomic E-state index is 12.4. The predicted octanol–water partition coefficient (Wildman–Crippen LogP) is 3.35. The molecule has 2 N–H and O–H groups in total. The van der Waals surface area contributed by atoms with Gasteiger partial charge in [-0.2, -0.15) is 11.8 Å². The van der Waals surface area contributed by atoms with Crippen LogP contribution in [0, 0.1) is 10.1 Å². The lowest BCUT2D eigenvalue weighted by molar-refractivity contribution is -0.384. The minimum absolute atomic E-state index is 0.109. The number of hydrogen-bond acceptors (Lipinski definition) is 6. The van der Waals surface area contributed by atoms with Crippen molar-refractivity contribution in [1.29, 1.82) is 0 Å². The molecule has 0 atom stereocenters. The first-order valence-corrected chi connectivity index (χ1v) is 9.09. The molecule has 0 unspecified atom stereocenters. The Balaban J connectivity index is 2.07. The van der Waals surface area contributed by atoms with Crippen molar-refractivity contribution in [3.8, 4) is 0 Å². The van der Waals surface area contributed by atoms with Crippen LogP contribution in [0.15, 0.2) is 48.5 Å². The van der Waals surface area contributed by atoms with Crippen LogP contribution in [0.3, 0.4) is 0 Å². The Morgan fingerprint density at radius 1 is 1.12 bits per heavy atom. The van der Waals surface area contributed by atoms with E-state index in [1.165, 1.54) is 6.07 Å². The predicted molar refractivity (Wildman–Crippen MR) is 100 cm³/mol. The normalized spacial score (nSPS) is 10.4. The number of aliphatic hydroxyl groups excluding tert-OH is 1. The minimum atomic E-state index is -0.483. The molecule has 2 aromatic rings. The third kappa shape index (κ3) is 5.58. The molecule has 0 spiro atoms. The van der Waals surface area contributed by atoms with Gasteiger partial charge in [0.2, 0.25) is 0 Å². The molecule has 0 aromatic heterocycles. The molecule has 0 bridgehead atoms. The first kappa shape index (κ1) is 19.0. The van der Waals surface area contributed by atoms with E-state index in [0.717, 1.165) is 17.9 Å². The molecule has 0 aliphatic carbocycles. The molecule has 2 rings (SSSR count). The van der Waals surface area contributed by atoms with Gasteiger partial charge in [0.05, 0.1) is 4.92 Å². The monoisotopic (exact) mass is 360 g/mol. The summed E-state index contributed by atoms with van der Waals surface area (Å²) in [4.78, 5) is 23.3. The lowest BCUT2D eigenvalue weighted by Crippen LogP contribution is -2.08. The topological polar surface area (TPSA) is 92.5 Å². The fraction of sp³-hybridized carbons (Fsp3) is 0.278. The van der Waals surface area contributed by atoms with Crippen LogP contribution in [0.4, 0.5) is 11.4 Å². The van der Waals surface area contributed by atoms with Crippen LogP contribution < -0.4 is 5.32 Å². The van der Waals surface area contributed by atoms with Crippen molar-refractivity contribution in [2.75, 3.05) is 30.0 Å². The summed E-state index contributed by atoms with van der Waals surface area (Å²) in [6, 6.07) is 13.2. The van der Waals surface area contributed by atoms with Crippen LogP contribution in [-0.2, 0) is 0 Å². The average molecular weight is 360 g/mol. The number of thioether (sulfide) groups is 1. The minimum Gasteiger partial charge on any atom is -0.396 e. The maximum absolute atomic E-state index is 12.4. The lowest BCUT2D eigenvalue weighted by atomic mass is 10.0. The van der Waals surface area contributed by atoms with E-state index in [9.17, 15) is 14.9 Å². The van der Waals surface area contributed by atoms with Crippen LogP contribution in [0.2, 0.25) is 0 Å². The van der Waals surface area contributed by atoms with Gasteiger partial charge in [0, 0.05) is 36.1 Å². The van der Waals surface area contributed by atoms with E-state index < -0.39 is 4.92 Å². The smallest absolute Gasteiger partial charge is 0.293 e. The van der Waals surface area contributed by atoms with Crippen molar-refractivity contribution >= 4 is 28.9 Å². The molecule has 25 heavy (non-hydrogen) atoms. The Hall–Kier alpha value is -2.38. The van der Waals surface area contributed by atoms with Gasteiger partial charge in [-0.3, -0.25) is 14.9 Å². The molecular weight excluding hydrogens is 340 g/mol. The average Bonchev–Trinajstić information content (AvgIpc) is 2.64. The van der Waals surface area contributed by atoms with Crippen molar-refractivity contribution < 1.29 is 14.8 Å². The van der Waals surface area contributed by atoms with E-state index in [1.807, 2.05) is 6.07 Å². The van der Waals surface area contributed by atoms with E-state index in [1.54, 1.807) is 48.2 Å². The summed E-state index contributed by atoms with van der Waals surface area (Å²) in [5.74, 6) is 1.39. The molecule has 0 aliphatic rings. The highest BCUT2D eigenvalue weighted by molar-refractivity contribution is 7.99. The van der Waals surface area contributed by atoms with Crippen molar-refractivity contribution in [2.45, 2.75) is 6.42 Å². The number of nitrogens with zero attached hydrogens (tertiary/aromatic N) is 1. The van der Waals surface area contributed by atoms with Gasteiger partial charge in [-0.25, -0.2) is 0 Å². The van der Waals surface area contributed by atoms with Gasteiger partial charge in [0.15, 0.2) is 5.78 Å². The first-order valence-electron chi connectivity index (χ1n) is 7.94. The van der Waals surface area contributed by atoms with Crippen molar-refractivity contribution in [2.24, 2.45) is 0 Å². The molecule has 7 heteroatoms.